The smallest absolute Gasteiger partial charge is 0.219 e. The van der Waals surface area contributed by atoms with Crippen LogP contribution in [0.1, 0.15) is 53.4 Å². The number of rotatable bonds is 6. The van der Waals surface area contributed by atoms with Gasteiger partial charge in [-0.15, -0.1) is 0 Å². The summed E-state index contributed by atoms with van der Waals surface area (Å²) < 4.78 is 0. The quantitative estimate of drug-likeness (QED) is 0.790. The number of nitrogens with zero attached hydrogens (tertiary/aromatic N) is 1. The Morgan fingerprint density at radius 3 is 2.67 bits per heavy atom. The lowest BCUT2D eigenvalue weighted by Crippen LogP contribution is -2.51. The van der Waals surface area contributed by atoms with E-state index in [0.717, 1.165) is 25.6 Å². The third-order valence-corrected chi connectivity index (χ3v) is 3.83. The Hall–Kier alpha value is -0.570. The van der Waals surface area contributed by atoms with Gasteiger partial charge in [0.25, 0.3) is 0 Å². The van der Waals surface area contributed by atoms with Gasteiger partial charge in [0.1, 0.15) is 0 Å². The largest absolute Gasteiger partial charge is 0.341 e. The lowest BCUT2D eigenvalue weighted by atomic mass is 9.90. The van der Waals surface area contributed by atoms with E-state index in [2.05, 4.69) is 26.1 Å². The molecule has 106 valence electrons. The Balaban J connectivity index is 2.42. The van der Waals surface area contributed by atoms with E-state index in [1.54, 1.807) is 6.92 Å². The minimum absolute atomic E-state index is 0.228. The van der Waals surface area contributed by atoms with Crippen LogP contribution < -0.4 is 5.32 Å². The molecule has 0 radical (unpaired) electrons. The first kappa shape index (κ1) is 15.5. The summed E-state index contributed by atoms with van der Waals surface area (Å²) in [5, 5.41) is 3.63. The topological polar surface area (TPSA) is 32.3 Å². The maximum atomic E-state index is 11.6. The van der Waals surface area contributed by atoms with Gasteiger partial charge in [-0.3, -0.25) is 4.79 Å². The van der Waals surface area contributed by atoms with Crippen molar-refractivity contribution in [3.63, 3.8) is 0 Å². The summed E-state index contributed by atoms with van der Waals surface area (Å²) in [6, 6.07) is 0.498. The van der Waals surface area contributed by atoms with Crippen molar-refractivity contribution in [2.75, 3.05) is 19.6 Å². The van der Waals surface area contributed by atoms with Crippen LogP contribution in [0.2, 0.25) is 0 Å². The fourth-order valence-electron chi connectivity index (χ4n) is 2.80. The van der Waals surface area contributed by atoms with E-state index in [1.165, 1.54) is 25.7 Å². The van der Waals surface area contributed by atoms with Crippen LogP contribution in [0.15, 0.2) is 0 Å². The molecule has 1 saturated heterocycles. The molecule has 1 amide bonds. The van der Waals surface area contributed by atoms with Gasteiger partial charge < -0.3 is 10.2 Å². The van der Waals surface area contributed by atoms with E-state index < -0.39 is 0 Å². The fourth-order valence-corrected chi connectivity index (χ4v) is 2.80. The van der Waals surface area contributed by atoms with Gasteiger partial charge in [-0.1, -0.05) is 27.2 Å². The molecular weight excluding hydrogens is 224 g/mol. The molecule has 0 saturated carbocycles. The van der Waals surface area contributed by atoms with E-state index in [-0.39, 0.29) is 5.91 Å². The highest BCUT2D eigenvalue weighted by Crippen LogP contribution is 2.21. The highest BCUT2D eigenvalue weighted by Gasteiger charge is 2.27. The van der Waals surface area contributed by atoms with Crippen LogP contribution in [0.3, 0.4) is 0 Å². The SMILES string of the molecule is CCCC1CC(NCCC(C)C)CN(C(C)=O)C1. The average Bonchev–Trinajstić information content (AvgIpc) is 2.28. The Morgan fingerprint density at radius 2 is 2.11 bits per heavy atom. The van der Waals surface area contributed by atoms with Crippen molar-refractivity contribution in [2.45, 2.75) is 59.4 Å². The summed E-state index contributed by atoms with van der Waals surface area (Å²) in [4.78, 5) is 13.6. The van der Waals surface area contributed by atoms with Crippen LogP contribution in [0.25, 0.3) is 0 Å². The first-order valence-corrected chi connectivity index (χ1v) is 7.51. The second kappa shape index (κ2) is 7.78. The summed E-state index contributed by atoms with van der Waals surface area (Å²) in [7, 11) is 0. The second-order valence-electron chi connectivity index (χ2n) is 6.15. The monoisotopic (exact) mass is 254 g/mol. The van der Waals surface area contributed by atoms with E-state index in [1.807, 2.05) is 4.90 Å². The van der Waals surface area contributed by atoms with Crippen LogP contribution in [0.5, 0.6) is 0 Å². The van der Waals surface area contributed by atoms with Gasteiger partial charge in [-0.2, -0.15) is 0 Å². The van der Waals surface area contributed by atoms with Crippen LogP contribution in [-0.4, -0.2) is 36.5 Å². The van der Waals surface area contributed by atoms with Crippen molar-refractivity contribution >= 4 is 5.91 Å². The number of carbonyl (C=O) groups excluding carboxylic acids is 1. The highest BCUT2D eigenvalue weighted by molar-refractivity contribution is 5.73. The summed E-state index contributed by atoms with van der Waals surface area (Å²) >= 11 is 0. The molecule has 0 aromatic carbocycles. The zero-order valence-corrected chi connectivity index (χ0v) is 12.5. The van der Waals surface area contributed by atoms with Gasteiger partial charge in [0.2, 0.25) is 5.91 Å². The molecule has 0 aromatic rings. The van der Waals surface area contributed by atoms with Crippen molar-refractivity contribution in [1.82, 2.24) is 10.2 Å². The zero-order valence-electron chi connectivity index (χ0n) is 12.5. The number of piperidine rings is 1. The Kier molecular flexibility index (Phi) is 6.69. The molecule has 1 aliphatic rings. The Labute approximate surface area is 112 Å². The molecule has 2 unspecified atom stereocenters. The first-order valence-electron chi connectivity index (χ1n) is 7.51. The van der Waals surface area contributed by atoms with Gasteiger partial charge in [0.05, 0.1) is 0 Å². The molecule has 18 heavy (non-hydrogen) atoms. The first-order chi connectivity index (χ1) is 8.52. The molecular formula is C15H30N2O. The zero-order chi connectivity index (χ0) is 13.5. The molecule has 3 heteroatoms. The molecule has 0 spiro atoms. The molecule has 0 aromatic heterocycles. The number of hydrogen-bond acceptors (Lipinski definition) is 2. The predicted molar refractivity (Wildman–Crippen MR) is 76.5 cm³/mol. The molecule has 3 nitrogen and oxygen atoms in total. The maximum Gasteiger partial charge on any atom is 0.219 e. The average molecular weight is 254 g/mol. The fraction of sp³-hybridized carbons (Fsp3) is 0.933. The lowest BCUT2D eigenvalue weighted by molar-refractivity contribution is -0.131. The van der Waals surface area contributed by atoms with Gasteiger partial charge in [0.15, 0.2) is 0 Å². The number of carbonyl (C=O) groups is 1. The summed E-state index contributed by atoms with van der Waals surface area (Å²) in [5.41, 5.74) is 0. The van der Waals surface area contributed by atoms with Crippen molar-refractivity contribution in [3.05, 3.63) is 0 Å². The number of amides is 1. The van der Waals surface area contributed by atoms with Crippen LogP contribution in [0, 0.1) is 11.8 Å². The standard InChI is InChI=1S/C15H30N2O/c1-5-6-14-9-15(16-8-7-12(2)3)11-17(10-14)13(4)18/h12,14-16H,5-11H2,1-4H3. The number of hydrogen-bond donors (Lipinski definition) is 1. The van der Waals surface area contributed by atoms with Crippen LogP contribution >= 0.6 is 0 Å². The van der Waals surface area contributed by atoms with E-state index in [0.29, 0.717) is 12.0 Å². The molecule has 1 fully saturated rings. The molecule has 1 heterocycles. The minimum atomic E-state index is 0.228. The maximum absolute atomic E-state index is 11.6. The minimum Gasteiger partial charge on any atom is -0.341 e. The highest BCUT2D eigenvalue weighted by atomic mass is 16.2. The van der Waals surface area contributed by atoms with Gasteiger partial charge in [-0.25, -0.2) is 0 Å². The second-order valence-corrected chi connectivity index (χ2v) is 6.15. The third kappa shape index (κ3) is 5.38. The van der Waals surface area contributed by atoms with Crippen molar-refractivity contribution in [3.8, 4) is 0 Å². The molecule has 2 atom stereocenters. The van der Waals surface area contributed by atoms with E-state index >= 15 is 0 Å². The van der Waals surface area contributed by atoms with Crippen LogP contribution in [0.4, 0.5) is 0 Å². The van der Waals surface area contributed by atoms with Crippen molar-refractivity contribution in [1.29, 1.82) is 0 Å². The molecule has 0 aliphatic carbocycles. The molecule has 1 N–H and O–H groups in total. The van der Waals surface area contributed by atoms with Crippen LogP contribution in [-0.2, 0) is 4.79 Å². The molecule has 1 aliphatic heterocycles. The van der Waals surface area contributed by atoms with E-state index in [4.69, 9.17) is 0 Å². The van der Waals surface area contributed by atoms with E-state index in [9.17, 15) is 4.79 Å². The Bertz CT molecular complexity index is 253. The van der Waals surface area contributed by atoms with Crippen molar-refractivity contribution < 1.29 is 4.79 Å². The summed E-state index contributed by atoms with van der Waals surface area (Å²) in [6.45, 7) is 11.4. The normalized spacial score (nSPS) is 24.6. The summed E-state index contributed by atoms with van der Waals surface area (Å²) in [5.74, 6) is 1.66. The van der Waals surface area contributed by atoms with Gasteiger partial charge in [-0.05, 0) is 37.6 Å². The third-order valence-electron chi connectivity index (χ3n) is 3.83. The molecule has 0 bridgehead atoms. The number of likely N-dealkylation sites (tertiary alicyclic amines) is 1. The lowest BCUT2D eigenvalue weighted by Gasteiger charge is -2.38. The van der Waals surface area contributed by atoms with Gasteiger partial charge in [0, 0.05) is 26.1 Å². The predicted octanol–water partition coefficient (Wildman–Crippen LogP) is 2.66. The van der Waals surface area contributed by atoms with Crippen molar-refractivity contribution in [2.24, 2.45) is 11.8 Å². The molecule has 1 rings (SSSR count). The summed E-state index contributed by atoms with van der Waals surface area (Å²) in [6.07, 6.45) is 4.91. The van der Waals surface area contributed by atoms with Gasteiger partial charge >= 0.3 is 0 Å². The Morgan fingerprint density at radius 1 is 1.39 bits per heavy atom. The number of nitrogens with one attached hydrogen (secondary N) is 1.